The molecule has 5 nitrogen and oxygen atoms in total. The van der Waals surface area contributed by atoms with Crippen molar-refractivity contribution in [3.63, 3.8) is 0 Å². The summed E-state index contributed by atoms with van der Waals surface area (Å²) in [6, 6.07) is 13.7. The van der Waals surface area contributed by atoms with Crippen LogP contribution >= 0.6 is 0 Å². The van der Waals surface area contributed by atoms with Crippen LogP contribution in [-0.4, -0.2) is 46.3 Å². The molecule has 136 valence electrons. The lowest BCUT2D eigenvalue weighted by Gasteiger charge is -2.17. The molecular weight excluding hydrogens is 348 g/mol. The Bertz CT molecular complexity index is 883. The SMILES string of the molecule is CN1CC2CNC(=O)c3cc(-c4cccc(CS(=O)O)c4)ccc3C2C1. The van der Waals surface area contributed by atoms with E-state index in [-0.39, 0.29) is 11.7 Å². The second-order valence-electron chi connectivity index (χ2n) is 7.27. The molecule has 2 aromatic carbocycles. The van der Waals surface area contributed by atoms with Crippen molar-refractivity contribution in [1.82, 2.24) is 10.2 Å². The van der Waals surface area contributed by atoms with Crippen LogP contribution in [0.25, 0.3) is 11.1 Å². The highest BCUT2D eigenvalue weighted by Gasteiger charge is 2.36. The molecule has 0 aromatic heterocycles. The Balaban J connectivity index is 1.73. The van der Waals surface area contributed by atoms with Gasteiger partial charge in [0.1, 0.15) is 0 Å². The summed E-state index contributed by atoms with van der Waals surface area (Å²) in [7, 11) is 2.13. The lowest BCUT2D eigenvalue weighted by atomic mass is 9.86. The van der Waals surface area contributed by atoms with E-state index >= 15 is 0 Å². The quantitative estimate of drug-likeness (QED) is 0.815. The molecule has 2 heterocycles. The lowest BCUT2D eigenvalue weighted by molar-refractivity contribution is 0.0951. The number of carbonyl (C=O) groups is 1. The highest BCUT2D eigenvalue weighted by molar-refractivity contribution is 7.78. The molecular formula is C20H22N2O3S. The Morgan fingerprint density at radius 2 is 2.00 bits per heavy atom. The number of likely N-dealkylation sites (tertiary alicyclic amines) is 1. The van der Waals surface area contributed by atoms with E-state index in [1.807, 2.05) is 30.3 Å². The third-order valence-electron chi connectivity index (χ3n) is 5.40. The van der Waals surface area contributed by atoms with Crippen LogP contribution < -0.4 is 5.32 Å². The van der Waals surface area contributed by atoms with Gasteiger partial charge in [0, 0.05) is 31.1 Å². The molecule has 0 bridgehead atoms. The molecule has 2 aliphatic heterocycles. The van der Waals surface area contributed by atoms with E-state index in [9.17, 15) is 9.00 Å². The molecule has 3 atom stereocenters. The number of benzene rings is 2. The number of amides is 1. The molecule has 0 aliphatic carbocycles. The number of carbonyl (C=O) groups excluding carboxylic acids is 1. The molecule has 1 fully saturated rings. The zero-order valence-electron chi connectivity index (χ0n) is 14.6. The molecule has 4 rings (SSSR count). The van der Waals surface area contributed by atoms with Gasteiger partial charge < -0.3 is 14.8 Å². The Kier molecular flexibility index (Phi) is 4.65. The number of fused-ring (bicyclic) bond motifs is 3. The van der Waals surface area contributed by atoms with Gasteiger partial charge in [0.2, 0.25) is 0 Å². The first-order valence-corrected chi connectivity index (χ1v) is 10.1. The molecule has 1 amide bonds. The second kappa shape index (κ2) is 6.95. The Morgan fingerprint density at radius 3 is 2.81 bits per heavy atom. The summed E-state index contributed by atoms with van der Waals surface area (Å²) in [5.74, 6) is 0.937. The van der Waals surface area contributed by atoms with Crippen molar-refractivity contribution < 1.29 is 13.6 Å². The first-order valence-electron chi connectivity index (χ1n) is 8.78. The van der Waals surface area contributed by atoms with E-state index in [0.717, 1.165) is 47.5 Å². The van der Waals surface area contributed by atoms with Crippen LogP contribution in [0.1, 0.15) is 27.4 Å². The monoisotopic (exact) mass is 370 g/mol. The van der Waals surface area contributed by atoms with Gasteiger partial charge in [-0.05, 0) is 41.3 Å². The average Bonchev–Trinajstić information content (AvgIpc) is 2.94. The Labute approximate surface area is 155 Å². The molecule has 2 aliphatic rings. The highest BCUT2D eigenvalue weighted by atomic mass is 32.2. The molecule has 2 aromatic rings. The lowest BCUT2D eigenvalue weighted by Crippen LogP contribution is -2.29. The normalized spacial score (nSPS) is 23.7. The van der Waals surface area contributed by atoms with Gasteiger partial charge >= 0.3 is 0 Å². The topological polar surface area (TPSA) is 69.6 Å². The molecule has 0 saturated carbocycles. The van der Waals surface area contributed by atoms with Crippen LogP contribution in [0.2, 0.25) is 0 Å². The van der Waals surface area contributed by atoms with Crippen molar-refractivity contribution in [2.24, 2.45) is 5.92 Å². The molecule has 26 heavy (non-hydrogen) atoms. The summed E-state index contributed by atoms with van der Waals surface area (Å²) in [4.78, 5) is 14.9. The van der Waals surface area contributed by atoms with Gasteiger partial charge in [-0.15, -0.1) is 0 Å². The van der Waals surface area contributed by atoms with Crippen LogP contribution in [0.4, 0.5) is 0 Å². The summed E-state index contributed by atoms with van der Waals surface area (Å²) in [5, 5.41) is 3.07. The van der Waals surface area contributed by atoms with Crippen LogP contribution in [0.5, 0.6) is 0 Å². The fraction of sp³-hybridized carbons (Fsp3) is 0.350. The number of hydrogen-bond acceptors (Lipinski definition) is 3. The number of rotatable bonds is 3. The minimum Gasteiger partial charge on any atom is -0.352 e. The molecule has 3 unspecified atom stereocenters. The predicted octanol–water partition coefficient (Wildman–Crippen LogP) is 2.46. The van der Waals surface area contributed by atoms with Gasteiger partial charge in [0.15, 0.2) is 11.1 Å². The molecule has 6 heteroatoms. The molecule has 1 saturated heterocycles. The summed E-state index contributed by atoms with van der Waals surface area (Å²) in [6.07, 6.45) is 0. The zero-order valence-corrected chi connectivity index (χ0v) is 15.5. The highest BCUT2D eigenvalue weighted by Crippen LogP contribution is 2.37. The van der Waals surface area contributed by atoms with Crippen molar-refractivity contribution in [2.45, 2.75) is 11.7 Å². The molecule has 2 N–H and O–H groups in total. The smallest absolute Gasteiger partial charge is 0.251 e. The minimum absolute atomic E-state index is 0.00785. The van der Waals surface area contributed by atoms with Crippen LogP contribution in [0.3, 0.4) is 0 Å². The first-order chi connectivity index (χ1) is 12.5. The zero-order chi connectivity index (χ0) is 18.3. The molecule has 0 radical (unpaired) electrons. The van der Waals surface area contributed by atoms with Gasteiger partial charge in [0.25, 0.3) is 5.91 Å². The standard InChI is InChI=1S/C20H22N2O3S/c1-22-10-16-9-21-20(23)18-8-15(5-6-17(18)19(16)11-22)14-4-2-3-13(7-14)12-26(24)25/h2-8,16,19H,9-12H2,1H3,(H,21,23)(H,24,25). The van der Waals surface area contributed by atoms with E-state index in [1.165, 1.54) is 0 Å². The van der Waals surface area contributed by atoms with Crippen molar-refractivity contribution in [1.29, 1.82) is 0 Å². The largest absolute Gasteiger partial charge is 0.352 e. The van der Waals surface area contributed by atoms with Crippen molar-refractivity contribution in [2.75, 3.05) is 26.7 Å². The maximum absolute atomic E-state index is 12.6. The van der Waals surface area contributed by atoms with E-state index < -0.39 is 11.1 Å². The Hall–Kier alpha value is -2.02. The fourth-order valence-corrected chi connectivity index (χ4v) is 4.67. The maximum atomic E-state index is 12.6. The van der Waals surface area contributed by atoms with Gasteiger partial charge in [-0.3, -0.25) is 4.79 Å². The summed E-state index contributed by atoms with van der Waals surface area (Å²) in [5.41, 5.74) is 4.59. The van der Waals surface area contributed by atoms with Crippen molar-refractivity contribution in [3.8, 4) is 11.1 Å². The number of nitrogens with one attached hydrogen (secondary N) is 1. The van der Waals surface area contributed by atoms with Crippen molar-refractivity contribution >= 4 is 17.0 Å². The summed E-state index contributed by atoms with van der Waals surface area (Å²) >= 11 is -1.87. The van der Waals surface area contributed by atoms with E-state index in [0.29, 0.717) is 11.8 Å². The van der Waals surface area contributed by atoms with Gasteiger partial charge in [-0.25, -0.2) is 4.21 Å². The maximum Gasteiger partial charge on any atom is 0.251 e. The number of likely N-dealkylation sites (N-methyl/N-ethyl adjacent to an activating group) is 1. The average molecular weight is 370 g/mol. The third-order valence-corrected chi connectivity index (χ3v) is 5.98. The second-order valence-corrected chi connectivity index (χ2v) is 8.20. The molecule has 0 spiro atoms. The minimum atomic E-state index is -1.87. The van der Waals surface area contributed by atoms with Crippen LogP contribution in [0.15, 0.2) is 42.5 Å². The van der Waals surface area contributed by atoms with Crippen molar-refractivity contribution in [3.05, 3.63) is 59.2 Å². The van der Waals surface area contributed by atoms with Gasteiger partial charge in [-0.2, -0.15) is 0 Å². The fourth-order valence-electron chi connectivity index (χ4n) is 4.20. The van der Waals surface area contributed by atoms with E-state index in [4.69, 9.17) is 4.55 Å². The first kappa shape index (κ1) is 17.4. The summed E-state index contributed by atoms with van der Waals surface area (Å²) in [6.45, 7) is 2.70. The van der Waals surface area contributed by atoms with Crippen LogP contribution in [-0.2, 0) is 16.8 Å². The Morgan fingerprint density at radius 1 is 1.19 bits per heavy atom. The van der Waals surface area contributed by atoms with E-state index in [2.05, 4.69) is 29.4 Å². The van der Waals surface area contributed by atoms with E-state index in [1.54, 1.807) is 0 Å². The van der Waals surface area contributed by atoms with Crippen LogP contribution in [0, 0.1) is 5.92 Å². The number of hydrogen-bond donors (Lipinski definition) is 2. The van der Waals surface area contributed by atoms with Gasteiger partial charge in [-0.1, -0.05) is 36.4 Å². The number of nitrogens with zero attached hydrogens (tertiary/aromatic N) is 1. The van der Waals surface area contributed by atoms with Gasteiger partial charge in [0.05, 0.1) is 5.75 Å². The third kappa shape index (κ3) is 3.32. The predicted molar refractivity (Wildman–Crippen MR) is 102 cm³/mol. The summed E-state index contributed by atoms with van der Waals surface area (Å²) < 4.78 is 20.2.